The van der Waals surface area contributed by atoms with E-state index in [2.05, 4.69) is 5.32 Å². The Morgan fingerprint density at radius 1 is 0.872 bits per heavy atom. The molecule has 0 heterocycles. The number of sulfonamides is 1. The van der Waals surface area contributed by atoms with Crippen LogP contribution in [-0.2, 0) is 26.2 Å². The van der Waals surface area contributed by atoms with Crippen LogP contribution in [0.5, 0.6) is 5.75 Å². The van der Waals surface area contributed by atoms with Crippen molar-refractivity contribution >= 4 is 27.5 Å². The number of rotatable bonds is 13. The first-order valence-electron chi connectivity index (χ1n) is 13.1. The van der Waals surface area contributed by atoms with Crippen molar-refractivity contribution in [1.82, 2.24) is 10.2 Å². The number of carbonyl (C=O) groups excluding carboxylic acids is 2. The second kappa shape index (κ2) is 13.8. The average molecular weight is 552 g/mol. The van der Waals surface area contributed by atoms with Crippen molar-refractivity contribution in [3.8, 4) is 5.75 Å². The predicted octanol–water partition coefficient (Wildman–Crippen LogP) is 4.61. The zero-order chi connectivity index (χ0) is 28.4. The quantitative estimate of drug-likeness (QED) is 0.335. The molecular weight excluding hydrogens is 514 g/mol. The summed E-state index contributed by atoms with van der Waals surface area (Å²) in [5.41, 5.74) is 1.07. The third kappa shape index (κ3) is 7.60. The molecule has 9 heteroatoms. The molecular formula is C30H37N3O5S. The Morgan fingerprint density at radius 2 is 1.46 bits per heavy atom. The van der Waals surface area contributed by atoms with E-state index in [0.717, 1.165) is 9.87 Å². The van der Waals surface area contributed by atoms with Gasteiger partial charge in [-0.3, -0.25) is 13.9 Å². The number of ether oxygens (including phenoxy) is 1. The Labute approximate surface area is 231 Å². The lowest BCUT2D eigenvalue weighted by atomic mass is 10.1. The summed E-state index contributed by atoms with van der Waals surface area (Å²) < 4.78 is 34.7. The normalized spacial score (nSPS) is 12.0. The Bertz CT molecular complexity index is 1330. The molecule has 0 bridgehead atoms. The zero-order valence-corrected chi connectivity index (χ0v) is 23.7. The third-order valence-corrected chi connectivity index (χ3v) is 7.83. The van der Waals surface area contributed by atoms with Gasteiger partial charge in [0.15, 0.2) is 0 Å². The summed E-state index contributed by atoms with van der Waals surface area (Å²) in [5.74, 6) is -0.453. The summed E-state index contributed by atoms with van der Waals surface area (Å²) in [5, 5.41) is 2.90. The molecule has 1 N–H and O–H groups in total. The number of nitrogens with one attached hydrogen (secondary N) is 1. The Balaban J connectivity index is 2.09. The minimum Gasteiger partial charge on any atom is -0.492 e. The number of carbonyl (C=O) groups is 2. The Morgan fingerprint density at radius 3 is 2.05 bits per heavy atom. The number of amides is 2. The standard InChI is InChI=1S/C30H37N3O5S/c1-5-26(30(35)31-23(3)4)32(21-24-15-9-7-10-16-24)29(34)22-33(27-19-13-14-20-28(27)38-6-2)39(36,37)25-17-11-8-12-18-25/h7-20,23,26H,5-6,21-22H2,1-4H3,(H,31,35)/t26-/m0/s1. The van der Waals surface area contributed by atoms with Crippen molar-refractivity contribution in [2.24, 2.45) is 0 Å². The van der Waals surface area contributed by atoms with Crippen molar-refractivity contribution in [1.29, 1.82) is 0 Å². The lowest BCUT2D eigenvalue weighted by Crippen LogP contribution is -2.53. The van der Waals surface area contributed by atoms with Gasteiger partial charge in [0.25, 0.3) is 10.0 Å². The lowest BCUT2D eigenvalue weighted by molar-refractivity contribution is -0.140. The van der Waals surface area contributed by atoms with Gasteiger partial charge in [0.2, 0.25) is 11.8 Å². The fourth-order valence-corrected chi connectivity index (χ4v) is 5.70. The molecule has 0 fully saturated rings. The summed E-state index contributed by atoms with van der Waals surface area (Å²) in [7, 11) is -4.16. The van der Waals surface area contributed by atoms with Gasteiger partial charge >= 0.3 is 0 Å². The second-order valence-electron chi connectivity index (χ2n) is 9.32. The monoisotopic (exact) mass is 551 g/mol. The van der Waals surface area contributed by atoms with Crippen molar-refractivity contribution in [2.45, 2.75) is 57.6 Å². The smallest absolute Gasteiger partial charge is 0.264 e. The van der Waals surface area contributed by atoms with Crippen LogP contribution < -0.4 is 14.4 Å². The van der Waals surface area contributed by atoms with Gasteiger partial charge in [-0.1, -0.05) is 67.6 Å². The summed E-state index contributed by atoms with van der Waals surface area (Å²) in [6.45, 7) is 7.30. The van der Waals surface area contributed by atoms with Gasteiger partial charge in [-0.15, -0.1) is 0 Å². The Kier molecular flexibility index (Phi) is 10.5. The lowest BCUT2D eigenvalue weighted by Gasteiger charge is -2.34. The van der Waals surface area contributed by atoms with Crippen molar-refractivity contribution < 1.29 is 22.7 Å². The number of nitrogens with zero attached hydrogens (tertiary/aromatic N) is 2. The predicted molar refractivity (Wildman–Crippen MR) is 153 cm³/mol. The van der Waals surface area contributed by atoms with Crippen LogP contribution in [0.3, 0.4) is 0 Å². The minimum atomic E-state index is -4.16. The molecule has 0 aromatic heterocycles. The Hall–Kier alpha value is -3.85. The van der Waals surface area contributed by atoms with Gasteiger partial charge in [-0.05, 0) is 57.0 Å². The van der Waals surface area contributed by atoms with Crippen molar-refractivity contribution in [2.75, 3.05) is 17.5 Å². The van der Waals surface area contributed by atoms with Gasteiger partial charge in [-0.2, -0.15) is 0 Å². The first-order chi connectivity index (χ1) is 18.7. The summed E-state index contributed by atoms with van der Waals surface area (Å²) in [6.07, 6.45) is 0.359. The first kappa shape index (κ1) is 29.7. The fraction of sp³-hybridized carbons (Fsp3) is 0.333. The van der Waals surface area contributed by atoms with Crippen LogP contribution in [0, 0.1) is 0 Å². The average Bonchev–Trinajstić information content (AvgIpc) is 2.92. The second-order valence-corrected chi connectivity index (χ2v) is 11.2. The molecule has 1 atom stereocenters. The molecule has 2 amide bonds. The summed E-state index contributed by atoms with van der Waals surface area (Å²) in [6, 6.07) is 23.1. The van der Waals surface area contributed by atoms with Gasteiger partial charge in [0.05, 0.1) is 17.2 Å². The number of benzene rings is 3. The molecule has 3 aromatic carbocycles. The molecule has 0 unspecified atom stereocenters. The maximum Gasteiger partial charge on any atom is 0.264 e. The SMILES string of the molecule is CCOc1ccccc1N(CC(=O)N(Cc1ccccc1)[C@@H](CC)C(=O)NC(C)C)S(=O)(=O)c1ccccc1. The number of hydrogen-bond acceptors (Lipinski definition) is 5. The van der Waals surface area contributed by atoms with Crippen LogP contribution in [-0.4, -0.2) is 50.4 Å². The molecule has 0 saturated carbocycles. The highest BCUT2D eigenvalue weighted by atomic mass is 32.2. The molecule has 3 aromatic rings. The summed E-state index contributed by atoms with van der Waals surface area (Å²) >= 11 is 0. The molecule has 0 aliphatic rings. The highest BCUT2D eigenvalue weighted by molar-refractivity contribution is 7.92. The number of anilines is 1. The molecule has 0 spiro atoms. The molecule has 0 aliphatic carbocycles. The van der Waals surface area contributed by atoms with Crippen LogP contribution in [0.2, 0.25) is 0 Å². The van der Waals surface area contributed by atoms with Gasteiger partial charge in [0, 0.05) is 12.6 Å². The van der Waals surface area contributed by atoms with E-state index >= 15 is 0 Å². The highest BCUT2D eigenvalue weighted by Gasteiger charge is 2.34. The van der Waals surface area contributed by atoms with Gasteiger partial charge in [-0.25, -0.2) is 8.42 Å². The molecule has 208 valence electrons. The van der Waals surface area contributed by atoms with Gasteiger partial charge < -0.3 is 15.0 Å². The van der Waals surface area contributed by atoms with Crippen LogP contribution in [0.15, 0.2) is 89.8 Å². The topological polar surface area (TPSA) is 96.0 Å². The molecule has 8 nitrogen and oxygen atoms in total. The van der Waals surface area contributed by atoms with E-state index < -0.39 is 28.5 Å². The minimum absolute atomic E-state index is 0.0447. The molecule has 0 radical (unpaired) electrons. The first-order valence-corrected chi connectivity index (χ1v) is 14.6. The van der Waals surface area contributed by atoms with Crippen LogP contribution in [0.4, 0.5) is 5.69 Å². The number of hydrogen-bond donors (Lipinski definition) is 1. The van der Waals surface area contributed by atoms with Crippen LogP contribution in [0.1, 0.15) is 39.7 Å². The third-order valence-electron chi connectivity index (χ3n) is 6.06. The van der Waals surface area contributed by atoms with Crippen molar-refractivity contribution in [3.63, 3.8) is 0 Å². The van der Waals surface area contributed by atoms with Gasteiger partial charge in [0.1, 0.15) is 18.3 Å². The molecule has 0 saturated heterocycles. The summed E-state index contributed by atoms with van der Waals surface area (Å²) in [4.78, 5) is 28.8. The molecule has 39 heavy (non-hydrogen) atoms. The molecule has 0 aliphatic heterocycles. The molecule has 3 rings (SSSR count). The largest absolute Gasteiger partial charge is 0.492 e. The van der Waals surface area contributed by atoms with E-state index in [4.69, 9.17) is 4.74 Å². The van der Waals surface area contributed by atoms with E-state index in [1.807, 2.05) is 51.1 Å². The highest BCUT2D eigenvalue weighted by Crippen LogP contribution is 2.33. The van der Waals surface area contributed by atoms with Crippen LogP contribution >= 0.6 is 0 Å². The van der Waals surface area contributed by atoms with Crippen molar-refractivity contribution in [3.05, 3.63) is 90.5 Å². The van der Waals surface area contributed by atoms with E-state index in [-0.39, 0.29) is 29.1 Å². The van der Waals surface area contributed by atoms with Crippen LogP contribution in [0.25, 0.3) is 0 Å². The van der Waals surface area contributed by atoms with E-state index in [1.54, 1.807) is 49.4 Å². The number of para-hydroxylation sites is 2. The fourth-order valence-electron chi connectivity index (χ4n) is 4.25. The van der Waals surface area contributed by atoms with E-state index in [0.29, 0.717) is 18.8 Å². The maximum absolute atomic E-state index is 14.1. The maximum atomic E-state index is 14.1. The van der Waals surface area contributed by atoms with E-state index in [1.165, 1.54) is 17.0 Å². The van der Waals surface area contributed by atoms with E-state index in [9.17, 15) is 18.0 Å². The zero-order valence-electron chi connectivity index (χ0n) is 22.9.